The van der Waals surface area contributed by atoms with E-state index in [0.717, 1.165) is 5.25 Å². The van der Waals surface area contributed by atoms with Crippen molar-refractivity contribution >= 4 is 33.5 Å². The van der Waals surface area contributed by atoms with Crippen molar-refractivity contribution in [2.75, 3.05) is 0 Å². The number of aliphatic carboxylic acids is 2. The van der Waals surface area contributed by atoms with Crippen LogP contribution in [-0.2, 0) is 9.59 Å². The lowest BCUT2D eigenvalue weighted by molar-refractivity contribution is -0.159. The lowest BCUT2D eigenvalue weighted by Gasteiger charge is -2.06. The molecule has 86 valence electrons. The molecular weight excluding hydrogens is 236 g/mol. The summed E-state index contributed by atoms with van der Waals surface area (Å²) in [5.74, 6) is -3.65. The number of hydrogen-bond acceptors (Lipinski definition) is 4. The lowest BCUT2D eigenvalue weighted by Crippen LogP contribution is -2.09. The highest BCUT2D eigenvalue weighted by molar-refractivity contribution is 8.78. The fourth-order valence-corrected chi connectivity index (χ4v) is 3.88. The van der Waals surface area contributed by atoms with Crippen molar-refractivity contribution in [3.63, 3.8) is 0 Å². The van der Waals surface area contributed by atoms with Gasteiger partial charge in [0.2, 0.25) is 0 Å². The van der Waals surface area contributed by atoms with E-state index < -0.39 is 11.9 Å². The number of carboxylic acids is 2. The Bertz CT molecular complexity index is 251. The van der Waals surface area contributed by atoms with Gasteiger partial charge in [-0.05, 0) is 23.8 Å². The van der Waals surface area contributed by atoms with E-state index in [4.69, 9.17) is 19.8 Å². The highest BCUT2D eigenvalue weighted by Crippen LogP contribution is 2.42. The molecule has 1 aliphatic heterocycles. The van der Waals surface area contributed by atoms with Crippen LogP contribution in [0.15, 0.2) is 11.0 Å². The molecule has 1 rings (SSSR count). The Morgan fingerprint density at radius 3 is 2.13 bits per heavy atom. The van der Waals surface area contributed by atoms with Gasteiger partial charge in [0, 0.05) is 5.25 Å². The Labute approximate surface area is 96.5 Å². The van der Waals surface area contributed by atoms with Crippen LogP contribution >= 0.6 is 21.6 Å². The molecule has 0 radical (unpaired) electrons. The van der Waals surface area contributed by atoms with Gasteiger partial charge >= 0.3 is 11.9 Å². The summed E-state index contributed by atoms with van der Waals surface area (Å²) >= 11 is 0. The Kier molecular flexibility index (Phi) is 7.33. The van der Waals surface area contributed by atoms with Gasteiger partial charge in [-0.25, -0.2) is 9.59 Å². The van der Waals surface area contributed by atoms with Gasteiger partial charge in [0.1, 0.15) is 0 Å². The predicted molar refractivity (Wildman–Crippen MR) is 62.9 cm³/mol. The minimum absolute atomic E-state index is 0.819. The molecule has 0 saturated heterocycles. The lowest BCUT2D eigenvalue weighted by atomic mass is 10.1. The van der Waals surface area contributed by atoms with Crippen LogP contribution in [-0.4, -0.2) is 27.4 Å². The average Bonchev–Trinajstić information content (AvgIpc) is 2.65. The summed E-state index contributed by atoms with van der Waals surface area (Å²) in [5, 5.41) is 17.9. The SMILES string of the molecule is CCC1=CSSC1CC.O=C(O)C(=O)O. The van der Waals surface area contributed by atoms with Crippen molar-refractivity contribution in [3.05, 3.63) is 11.0 Å². The van der Waals surface area contributed by atoms with Crippen molar-refractivity contribution in [2.45, 2.75) is 31.9 Å². The summed E-state index contributed by atoms with van der Waals surface area (Å²) in [6.07, 6.45) is 2.52. The predicted octanol–water partition coefficient (Wildman–Crippen LogP) is 2.61. The van der Waals surface area contributed by atoms with E-state index in [1.165, 1.54) is 12.8 Å². The van der Waals surface area contributed by atoms with Crippen molar-refractivity contribution < 1.29 is 19.8 Å². The third-order valence-electron chi connectivity index (χ3n) is 1.75. The molecule has 0 aromatic heterocycles. The van der Waals surface area contributed by atoms with Crippen LogP contribution in [0.25, 0.3) is 0 Å². The van der Waals surface area contributed by atoms with Gasteiger partial charge in [0.05, 0.1) is 0 Å². The summed E-state index contributed by atoms with van der Waals surface area (Å²) < 4.78 is 0. The van der Waals surface area contributed by atoms with Gasteiger partial charge in [-0.3, -0.25) is 0 Å². The molecule has 0 saturated carbocycles. The van der Waals surface area contributed by atoms with Crippen LogP contribution in [0, 0.1) is 0 Å². The van der Waals surface area contributed by atoms with E-state index in [1.54, 1.807) is 5.57 Å². The fourth-order valence-electron chi connectivity index (χ4n) is 0.936. The van der Waals surface area contributed by atoms with Crippen LogP contribution in [0.5, 0.6) is 0 Å². The second kappa shape index (κ2) is 7.64. The van der Waals surface area contributed by atoms with Gasteiger partial charge in [-0.1, -0.05) is 35.4 Å². The zero-order valence-corrected chi connectivity index (χ0v) is 10.2. The first kappa shape index (κ1) is 14.4. The first-order valence-corrected chi connectivity index (χ1v) is 6.77. The number of carbonyl (C=O) groups is 2. The smallest absolute Gasteiger partial charge is 0.414 e. The first-order valence-electron chi connectivity index (χ1n) is 4.50. The monoisotopic (exact) mass is 250 g/mol. The molecule has 1 aliphatic rings. The molecule has 1 heterocycles. The molecule has 0 aromatic carbocycles. The summed E-state index contributed by atoms with van der Waals surface area (Å²) in [4.78, 5) is 18.2. The minimum atomic E-state index is -1.82. The van der Waals surface area contributed by atoms with E-state index >= 15 is 0 Å². The van der Waals surface area contributed by atoms with E-state index in [2.05, 4.69) is 19.3 Å². The average molecular weight is 250 g/mol. The normalized spacial score (nSPS) is 18.8. The van der Waals surface area contributed by atoms with Crippen LogP contribution in [0.4, 0.5) is 0 Å². The highest BCUT2D eigenvalue weighted by atomic mass is 33.1. The van der Waals surface area contributed by atoms with E-state index in [0.29, 0.717) is 0 Å². The molecular formula is C9H14O4S2. The van der Waals surface area contributed by atoms with Crippen molar-refractivity contribution in [1.82, 2.24) is 0 Å². The Hall–Kier alpha value is -0.620. The third kappa shape index (κ3) is 5.74. The van der Waals surface area contributed by atoms with Crippen LogP contribution in [0.1, 0.15) is 26.7 Å². The molecule has 0 bridgehead atoms. The topological polar surface area (TPSA) is 74.6 Å². The number of hydrogen-bond donors (Lipinski definition) is 2. The maximum absolute atomic E-state index is 9.10. The second-order valence-corrected chi connectivity index (χ2v) is 5.09. The molecule has 0 aliphatic carbocycles. The van der Waals surface area contributed by atoms with Gasteiger partial charge in [0.25, 0.3) is 0 Å². The van der Waals surface area contributed by atoms with Gasteiger partial charge < -0.3 is 10.2 Å². The maximum atomic E-state index is 9.10. The molecule has 1 unspecified atom stereocenters. The largest absolute Gasteiger partial charge is 0.473 e. The van der Waals surface area contributed by atoms with Gasteiger partial charge in [0.15, 0.2) is 0 Å². The summed E-state index contributed by atoms with van der Waals surface area (Å²) in [5.41, 5.74) is 1.63. The van der Waals surface area contributed by atoms with E-state index in [-0.39, 0.29) is 0 Å². The van der Waals surface area contributed by atoms with Crippen molar-refractivity contribution in [2.24, 2.45) is 0 Å². The van der Waals surface area contributed by atoms with Gasteiger partial charge in [-0.2, -0.15) is 0 Å². The fraction of sp³-hybridized carbons (Fsp3) is 0.556. The quantitative estimate of drug-likeness (QED) is 0.579. The molecule has 4 nitrogen and oxygen atoms in total. The third-order valence-corrected chi connectivity index (χ3v) is 4.44. The summed E-state index contributed by atoms with van der Waals surface area (Å²) in [6, 6.07) is 0. The Balaban J connectivity index is 0.000000288. The van der Waals surface area contributed by atoms with Gasteiger partial charge in [-0.15, -0.1) is 0 Å². The van der Waals surface area contributed by atoms with E-state index in [9.17, 15) is 0 Å². The summed E-state index contributed by atoms with van der Waals surface area (Å²) in [7, 11) is 3.89. The minimum Gasteiger partial charge on any atom is -0.473 e. The molecule has 0 aromatic rings. The molecule has 1 atom stereocenters. The standard InChI is InChI=1S/C7H12S2.C2H2O4/c1-3-6-5-8-9-7(6)4-2;3-1(4)2(5)6/h5,7H,3-4H2,1-2H3;(H,3,4)(H,5,6). The van der Waals surface area contributed by atoms with Crippen molar-refractivity contribution in [3.8, 4) is 0 Å². The molecule has 6 heteroatoms. The first-order chi connectivity index (χ1) is 7.02. The molecule has 0 fully saturated rings. The molecule has 2 N–H and O–H groups in total. The second-order valence-electron chi connectivity index (χ2n) is 2.75. The van der Waals surface area contributed by atoms with Crippen LogP contribution in [0.3, 0.4) is 0 Å². The Morgan fingerprint density at radius 1 is 1.33 bits per heavy atom. The van der Waals surface area contributed by atoms with Crippen LogP contribution < -0.4 is 0 Å². The zero-order valence-electron chi connectivity index (χ0n) is 8.60. The molecule has 15 heavy (non-hydrogen) atoms. The maximum Gasteiger partial charge on any atom is 0.414 e. The molecule has 0 amide bonds. The van der Waals surface area contributed by atoms with Crippen LogP contribution in [0.2, 0.25) is 0 Å². The highest BCUT2D eigenvalue weighted by Gasteiger charge is 2.16. The number of carboxylic acid groups (broad SMARTS) is 2. The number of rotatable bonds is 2. The Morgan fingerprint density at radius 2 is 1.87 bits per heavy atom. The zero-order chi connectivity index (χ0) is 11.8. The molecule has 0 spiro atoms. The van der Waals surface area contributed by atoms with E-state index in [1.807, 2.05) is 21.6 Å². The van der Waals surface area contributed by atoms with Crippen molar-refractivity contribution in [1.29, 1.82) is 0 Å². The summed E-state index contributed by atoms with van der Waals surface area (Å²) in [6.45, 7) is 4.49.